The smallest absolute Gasteiger partial charge is 0.0917 e. The summed E-state index contributed by atoms with van der Waals surface area (Å²) in [6.07, 6.45) is 0.630. The summed E-state index contributed by atoms with van der Waals surface area (Å²) in [6.45, 7) is 2.69. The van der Waals surface area contributed by atoms with Gasteiger partial charge in [0.15, 0.2) is 0 Å². The van der Waals surface area contributed by atoms with Gasteiger partial charge in [0.2, 0.25) is 0 Å². The fraction of sp³-hybridized carbons (Fsp3) is 0.571. The standard InChI is InChI=1S/C14H25N3O/c1-16(2)8-5-9-17(3)11-14(18)12-6-4-7-13(15)10-12/h4,6-7,10,14,18H,5,8-9,11,15H2,1-3H3. The molecule has 1 aromatic rings. The third-order valence-electron chi connectivity index (χ3n) is 2.93. The molecular weight excluding hydrogens is 226 g/mol. The van der Waals surface area contributed by atoms with Gasteiger partial charge in [0, 0.05) is 12.2 Å². The van der Waals surface area contributed by atoms with Crippen molar-refractivity contribution in [1.82, 2.24) is 9.80 Å². The van der Waals surface area contributed by atoms with Crippen LogP contribution in [0.3, 0.4) is 0 Å². The van der Waals surface area contributed by atoms with Gasteiger partial charge in [-0.25, -0.2) is 0 Å². The van der Waals surface area contributed by atoms with Crippen LogP contribution >= 0.6 is 0 Å². The molecule has 0 radical (unpaired) electrons. The number of aliphatic hydroxyl groups excluding tert-OH is 1. The minimum absolute atomic E-state index is 0.474. The zero-order chi connectivity index (χ0) is 13.5. The highest BCUT2D eigenvalue weighted by Crippen LogP contribution is 2.16. The van der Waals surface area contributed by atoms with Crippen LogP contribution in [0.2, 0.25) is 0 Å². The molecule has 102 valence electrons. The van der Waals surface area contributed by atoms with Crippen LogP contribution in [0.15, 0.2) is 24.3 Å². The molecule has 0 fully saturated rings. The first-order valence-electron chi connectivity index (χ1n) is 6.36. The second-order valence-corrected chi connectivity index (χ2v) is 5.10. The van der Waals surface area contributed by atoms with Gasteiger partial charge < -0.3 is 20.6 Å². The molecular formula is C14H25N3O. The predicted molar refractivity (Wildman–Crippen MR) is 76.5 cm³/mol. The molecule has 3 N–H and O–H groups in total. The molecule has 0 aliphatic rings. The van der Waals surface area contributed by atoms with Crippen molar-refractivity contribution in [2.24, 2.45) is 0 Å². The monoisotopic (exact) mass is 251 g/mol. The maximum absolute atomic E-state index is 10.1. The Hall–Kier alpha value is -1.10. The molecule has 4 heteroatoms. The van der Waals surface area contributed by atoms with Gasteiger partial charge in [-0.2, -0.15) is 0 Å². The summed E-state index contributed by atoms with van der Waals surface area (Å²) in [7, 11) is 6.17. The summed E-state index contributed by atoms with van der Waals surface area (Å²) in [4.78, 5) is 4.32. The third kappa shape index (κ3) is 5.49. The number of nitrogens with two attached hydrogens (primary N) is 1. The Bertz CT molecular complexity index is 355. The van der Waals surface area contributed by atoms with Crippen LogP contribution < -0.4 is 5.73 Å². The van der Waals surface area contributed by atoms with E-state index in [0.717, 1.165) is 25.1 Å². The lowest BCUT2D eigenvalue weighted by Crippen LogP contribution is -2.28. The van der Waals surface area contributed by atoms with Gasteiger partial charge in [0.05, 0.1) is 6.10 Å². The summed E-state index contributed by atoms with van der Waals surface area (Å²) in [5.74, 6) is 0. The zero-order valence-corrected chi connectivity index (χ0v) is 11.6. The molecule has 0 amide bonds. The van der Waals surface area contributed by atoms with Crippen molar-refractivity contribution >= 4 is 5.69 Å². The molecule has 0 saturated heterocycles. The van der Waals surface area contributed by atoms with Gasteiger partial charge in [0.25, 0.3) is 0 Å². The molecule has 1 aromatic carbocycles. The molecule has 4 nitrogen and oxygen atoms in total. The molecule has 0 saturated carbocycles. The maximum atomic E-state index is 10.1. The van der Waals surface area contributed by atoms with E-state index in [1.807, 2.05) is 31.3 Å². The van der Waals surface area contributed by atoms with Crippen LogP contribution in [0.4, 0.5) is 5.69 Å². The van der Waals surface area contributed by atoms with Crippen LogP contribution in [0.1, 0.15) is 18.1 Å². The van der Waals surface area contributed by atoms with Crippen molar-refractivity contribution in [1.29, 1.82) is 0 Å². The minimum atomic E-state index is -0.474. The quantitative estimate of drug-likeness (QED) is 0.715. The van der Waals surface area contributed by atoms with Crippen LogP contribution in [-0.4, -0.2) is 55.7 Å². The average Bonchev–Trinajstić information content (AvgIpc) is 2.28. The summed E-state index contributed by atoms with van der Waals surface area (Å²) in [5.41, 5.74) is 7.29. The van der Waals surface area contributed by atoms with Crippen molar-refractivity contribution in [2.75, 3.05) is 46.5 Å². The van der Waals surface area contributed by atoms with E-state index in [9.17, 15) is 5.11 Å². The number of aliphatic hydroxyl groups is 1. The Morgan fingerprint density at radius 1 is 1.22 bits per heavy atom. The first kappa shape index (κ1) is 15.0. The lowest BCUT2D eigenvalue weighted by atomic mass is 10.1. The lowest BCUT2D eigenvalue weighted by Gasteiger charge is -2.21. The highest BCUT2D eigenvalue weighted by atomic mass is 16.3. The first-order valence-corrected chi connectivity index (χ1v) is 6.36. The summed E-state index contributed by atoms with van der Waals surface area (Å²) in [6, 6.07) is 7.45. The SMILES string of the molecule is CN(C)CCCN(C)CC(O)c1cccc(N)c1. The number of nitrogens with zero attached hydrogens (tertiary/aromatic N) is 2. The van der Waals surface area contributed by atoms with E-state index in [1.165, 1.54) is 0 Å². The Labute approximate surface area is 110 Å². The van der Waals surface area contributed by atoms with Crippen molar-refractivity contribution in [3.63, 3.8) is 0 Å². The van der Waals surface area contributed by atoms with Gasteiger partial charge in [0.1, 0.15) is 0 Å². The molecule has 18 heavy (non-hydrogen) atoms. The first-order chi connectivity index (χ1) is 8.49. The molecule has 0 spiro atoms. The normalized spacial score (nSPS) is 13.2. The highest BCUT2D eigenvalue weighted by molar-refractivity contribution is 5.41. The van der Waals surface area contributed by atoms with Gasteiger partial charge in [-0.15, -0.1) is 0 Å². The number of likely N-dealkylation sites (N-methyl/N-ethyl adjacent to an activating group) is 1. The Morgan fingerprint density at radius 3 is 2.56 bits per heavy atom. The zero-order valence-electron chi connectivity index (χ0n) is 11.6. The molecule has 0 aromatic heterocycles. The predicted octanol–water partition coefficient (Wildman–Crippen LogP) is 1.19. The van der Waals surface area contributed by atoms with Crippen LogP contribution in [-0.2, 0) is 0 Å². The Morgan fingerprint density at radius 2 is 1.94 bits per heavy atom. The van der Waals surface area contributed by atoms with Crippen molar-refractivity contribution in [3.8, 4) is 0 Å². The lowest BCUT2D eigenvalue weighted by molar-refractivity contribution is 0.125. The van der Waals surface area contributed by atoms with E-state index in [2.05, 4.69) is 23.9 Å². The maximum Gasteiger partial charge on any atom is 0.0917 e. The topological polar surface area (TPSA) is 52.7 Å². The van der Waals surface area contributed by atoms with Crippen molar-refractivity contribution < 1.29 is 5.11 Å². The summed E-state index contributed by atoms with van der Waals surface area (Å²) in [5, 5.41) is 10.1. The molecule has 0 aliphatic carbocycles. The number of nitrogen functional groups attached to an aromatic ring is 1. The second kappa shape index (κ2) is 7.36. The Kier molecular flexibility index (Phi) is 6.12. The summed E-state index contributed by atoms with van der Waals surface area (Å²) >= 11 is 0. The van der Waals surface area contributed by atoms with Crippen molar-refractivity contribution in [3.05, 3.63) is 29.8 Å². The van der Waals surface area contributed by atoms with E-state index >= 15 is 0 Å². The van der Waals surface area contributed by atoms with Crippen LogP contribution in [0.25, 0.3) is 0 Å². The van der Waals surface area contributed by atoms with E-state index < -0.39 is 6.10 Å². The van der Waals surface area contributed by atoms with E-state index in [1.54, 1.807) is 0 Å². The van der Waals surface area contributed by atoms with E-state index in [-0.39, 0.29) is 0 Å². The van der Waals surface area contributed by atoms with E-state index in [4.69, 9.17) is 5.73 Å². The van der Waals surface area contributed by atoms with Crippen LogP contribution in [0, 0.1) is 0 Å². The van der Waals surface area contributed by atoms with Gasteiger partial charge in [-0.1, -0.05) is 12.1 Å². The molecule has 1 unspecified atom stereocenters. The number of hydrogen-bond donors (Lipinski definition) is 2. The van der Waals surface area contributed by atoms with Crippen molar-refractivity contribution in [2.45, 2.75) is 12.5 Å². The highest BCUT2D eigenvalue weighted by Gasteiger charge is 2.10. The van der Waals surface area contributed by atoms with E-state index in [0.29, 0.717) is 12.2 Å². The number of hydrogen-bond acceptors (Lipinski definition) is 4. The second-order valence-electron chi connectivity index (χ2n) is 5.10. The largest absolute Gasteiger partial charge is 0.399 e. The van der Waals surface area contributed by atoms with Gasteiger partial charge in [-0.3, -0.25) is 0 Å². The summed E-state index contributed by atoms with van der Waals surface area (Å²) < 4.78 is 0. The fourth-order valence-corrected chi connectivity index (χ4v) is 1.92. The molecule has 1 atom stereocenters. The molecule has 0 aliphatic heterocycles. The van der Waals surface area contributed by atoms with Gasteiger partial charge in [-0.05, 0) is 58.3 Å². The minimum Gasteiger partial charge on any atom is -0.399 e. The molecule has 0 heterocycles. The third-order valence-corrected chi connectivity index (χ3v) is 2.93. The fourth-order valence-electron chi connectivity index (χ4n) is 1.92. The Balaban J connectivity index is 2.37. The average molecular weight is 251 g/mol. The number of benzene rings is 1. The van der Waals surface area contributed by atoms with Gasteiger partial charge >= 0.3 is 0 Å². The van der Waals surface area contributed by atoms with Crippen LogP contribution in [0.5, 0.6) is 0 Å². The molecule has 0 bridgehead atoms. The number of rotatable bonds is 7. The molecule has 1 rings (SSSR count). The number of anilines is 1.